The molecule has 0 saturated heterocycles. The zero-order chi connectivity index (χ0) is 12.9. The highest BCUT2D eigenvalue weighted by Crippen LogP contribution is 2.26. The van der Waals surface area contributed by atoms with Crippen LogP contribution in [0.15, 0.2) is 0 Å². The van der Waals surface area contributed by atoms with Gasteiger partial charge in [-0.2, -0.15) is 0 Å². The lowest BCUT2D eigenvalue weighted by molar-refractivity contribution is 0.216. The maximum absolute atomic E-state index is 9.75. The van der Waals surface area contributed by atoms with E-state index < -0.39 is 7.25 Å². The molecule has 1 nitrogen and oxygen atoms in total. The zero-order valence-electron chi connectivity index (χ0n) is 10.0. The Morgan fingerprint density at radius 3 is 1.20 bits per heavy atom. The summed E-state index contributed by atoms with van der Waals surface area (Å²) in [6, 6.07) is 0. The third-order valence-corrected chi connectivity index (χ3v) is 2.76. The molecule has 15 heavy (non-hydrogen) atoms. The monoisotopic (exact) mass is 230 g/mol. The van der Waals surface area contributed by atoms with Crippen LogP contribution in [0.1, 0.15) is 41.0 Å². The predicted octanol–water partition coefficient (Wildman–Crippen LogP) is 3.71. The molecule has 0 spiro atoms. The molecule has 0 aromatic carbocycles. The summed E-state index contributed by atoms with van der Waals surface area (Å²) in [7, 11) is -6.00. The van der Waals surface area contributed by atoms with Crippen molar-refractivity contribution in [2.24, 2.45) is 17.6 Å². The van der Waals surface area contributed by atoms with Crippen LogP contribution >= 0.6 is 0 Å². The van der Waals surface area contributed by atoms with Crippen LogP contribution in [-0.4, -0.2) is 12.8 Å². The number of hydrogen-bond acceptors (Lipinski definition) is 1. The highest BCUT2D eigenvalue weighted by molar-refractivity contribution is 6.50. The van der Waals surface area contributed by atoms with Crippen molar-refractivity contribution >= 4 is 7.25 Å². The van der Waals surface area contributed by atoms with Gasteiger partial charge in [-0.3, -0.25) is 0 Å². The number of rotatable bonds is 3. The largest absolute Gasteiger partial charge is 0.673 e. The predicted molar refractivity (Wildman–Crippen MR) is 57.1 cm³/mol. The Hall–Kier alpha value is -0.255. The van der Waals surface area contributed by atoms with Gasteiger partial charge in [0.05, 0.1) is 0 Å². The summed E-state index contributed by atoms with van der Waals surface area (Å²) >= 11 is 0. The molecule has 0 unspecified atom stereocenters. The average Bonchev–Trinajstić information content (AvgIpc) is 1.98. The summed E-state index contributed by atoms with van der Waals surface area (Å²) in [5, 5.41) is 0. The van der Waals surface area contributed by atoms with E-state index in [0.717, 1.165) is 6.42 Å². The van der Waals surface area contributed by atoms with E-state index in [4.69, 9.17) is 5.73 Å². The smallest absolute Gasteiger partial charge is 0.418 e. The van der Waals surface area contributed by atoms with Crippen molar-refractivity contribution in [1.82, 2.24) is 0 Å². The molecule has 0 saturated carbocycles. The second-order valence-corrected chi connectivity index (χ2v) is 4.27. The Bertz CT molecular complexity index is 154. The van der Waals surface area contributed by atoms with Crippen molar-refractivity contribution in [2.45, 2.75) is 46.6 Å². The summed E-state index contributed by atoms with van der Waals surface area (Å²) in [5.74, 6) is 1.16. The molecule has 0 aliphatic heterocycles. The molecular weight excluding hydrogens is 209 g/mol. The van der Waals surface area contributed by atoms with Gasteiger partial charge in [0.1, 0.15) is 0 Å². The number of halogens is 4. The minimum Gasteiger partial charge on any atom is -0.418 e. The van der Waals surface area contributed by atoms with E-state index in [-0.39, 0.29) is 5.54 Å². The first kappa shape index (κ1) is 17.1. The van der Waals surface area contributed by atoms with Crippen LogP contribution in [0.3, 0.4) is 0 Å². The molecule has 0 amide bonds. The van der Waals surface area contributed by atoms with Crippen molar-refractivity contribution in [3.8, 4) is 0 Å². The van der Waals surface area contributed by atoms with Crippen molar-refractivity contribution in [3.05, 3.63) is 0 Å². The molecule has 0 atom stereocenters. The van der Waals surface area contributed by atoms with Gasteiger partial charge in [-0.05, 0) is 18.3 Å². The Morgan fingerprint density at radius 2 is 1.20 bits per heavy atom. The molecule has 0 aliphatic rings. The summed E-state index contributed by atoms with van der Waals surface area (Å²) < 4.78 is 39.0. The molecule has 0 rings (SSSR count). The average molecular weight is 230 g/mol. The molecule has 0 radical (unpaired) electrons. The van der Waals surface area contributed by atoms with E-state index in [1.807, 2.05) is 0 Å². The topological polar surface area (TPSA) is 26.0 Å². The Labute approximate surface area is 89.5 Å². The summed E-state index contributed by atoms with van der Waals surface area (Å²) in [6.45, 7) is 11.0. The van der Waals surface area contributed by atoms with Crippen molar-refractivity contribution in [1.29, 1.82) is 0 Å². The van der Waals surface area contributed by atoms with Gasteiger partial charge in [0, 0.05) is 5.54 Å². The molecule has 0 heterocycles. The fourth-order valence-electron chi connectivity index (χ4n) is 1.48. The number of hydrogen-bond donors (Lipinski definition) is 1. The normalized spacial score (nSPS) is 12.8. The van der Waals surface area contributed by atoms with Crippen LogP contribution in [0.25, 0.3) is 0 Å². The zero-order valence-corrected chi connectivity index (χ0v) is 10.0. The number of nitrogens with two attached hydrogens (primary N) is 1. The van der Waals surface area contributed by atoms with Crippen LogP contribution in [0.2, 0.25) is 0 Å². The second-order valence-electron chi connectivity index (χ2n) is 4.27. The van der Waals surface area contributed by atoms with Gasteiger partial charge in [0.2, 0.25) is 0 Å². The Kier molecular flexibility index (Phi) is 7.26. The quantitative estimate of drug-likeness (QED) is 0.580. The fraction of sp³-hybridized carbons (Fsp3) is 1.00. The van der Waals surface area contributed by atoms with Crippen LogP contribution in [-0.2, 0) is 0 Å². The SMILES string of the molecule is CCC(N)(C(C)C)C(C)C.F[B-](F)(F)F. The van der Waals surface area contributed by atoms with Gasteiger partial charge in [0.25, 0.3) is 0 Å². The van der Waals surface area contributed by atoms with Gasteiger partial charge in [-0.1, -0.05) is 34.6 Å². The van der Waals surface area contributed by atoms with Crippen LogP contribution < -0.4 is 5.73 Å². The van der Waals surface area contributed by atoms with E-state index in [1.165, 1.54) is 0 Å². The molecule has 0 fully saturated rings. The first-order valence-electron chi connectivity index (χ1n) is 5.11. The van der Waals surface area contributed by atoms with Gasteiger partial charge >= 0.3 is 7.25 Å². The third kappa shape index (κ3) is 8.72. The van der Waals surface area contributed by atoms with E-state index in [9.17, 15) is 17.3 Å². The Morgan fingerprint density at radius 1 is 1.00 bits per heavy atom. The van der Waals surface area contributed by atoms with Gasteiger partial charge < -0.3 is 23.0 Å². The molecular formula is C9H21BF4N-. The van der Waals surface area contributed by atoms with Crippen LogP contribution in [0.4, 0.5) is 17.3 Å². The second kappa shape index (κ2) is 6.35. The van der Waals surface area contributed by atoms with Gasteiger partial charge in [-0.25, -0.2) is 0 Å². The first-order valence-corrected chi connectivity index (χ1v) is 5.11. The lowest BCUT2D eigenvalue weighted by atomic mass is 9.76. The van der Waals surface area contributed by atoms with E-state index in [2.05, 4.69) is 34.6 Å². The van der Waals surface area contributed by atoms with Crippen molar-refractivity contribution < 1.29 is 17.3 Å². The summed E-state index contributed by atoms with van der Waals surface area (Å²) in [6.07, 6.45) is 1.07. The first-order chi connectivity index (χ1) is 6.45. The van der Waals surface area contributed by atoms with Crippen molar-refractivity contribution in [2.75, 3.05) is 0 Å². The maximum Gasteiger partial charge on any atom is 0.673 e. The summed E-state index contributed by atoms with van der Waals surface area (Å²) in [4.78, 5) is 0. The van der Waals surface area contributed by atoms with Crippen molar-refractivity contribution in [3.63, 3.8) is 0 Å². The van der Waals surface area contributed by atoms with Crippen LogP contribution in [0, 0.1) is 11.8 Å². The van der Waals surface area contributed by atoms with Gasteiger partial charge in [-0.15, -0.1) is 0 Å². The highest BCUT2D eigenvalue weighted by atomic mass is 19.5. The van der Waals surface area contributed by atoms with Gasteiger partial charge in [0.15, 0.2) is 0 Å². The molecule has 0 aliphatic carbocycles. The molecule has 0 aromatic rings. The molecule has 94 valence electrons. The highest BCUT2D eigenvalue weighted by Gasteiger charge is 2.30. The molecule has 6 heteroatoms. The van der Waals surface area contributed by atoms with E-state index >= 15 is 0 Å². The Balaban J connectivity index is 0. The lowest BCUT2D eigenvalue weighted by Gasteiger charge is -2.36. The minimum atomic E-state index is -6.00. The van der Waals surface area contributed by atoms with E-state index in [0.29, 0.717) is 11.8 Å². The third-order valence-electron chi connectivity index (χ3n) is 2.76. The lowest BCUT2D eigenvalue weighted by Crippen LogP contribution is -2.49. The minimum absolute atomic E-state index is 0.0417. The maximum atomic E-state index is 9.75. The fourth-order valence-corrected chi connectivity index (χ4v) is 1.48. The van der Waals surface area contributed by atoms with Crippen LogP contribution in [0.5, 0.6) is 0 Å². The molecule has 0 bridgehead atoms. The summed E-state index contributed by atoms with van der Waals surface area (Å²) in [5.41, 5.74) is 6.22. The van der Waals surface area contributed by atoms with E-state index in [1.54, 1.807) is 0 Å². The molecule has 0 aromatic heterocycles. The molecule has 2 N–H and O–H groups in total. The standard InChI is InChI=1S/C9H21N.BF4/c1-6-9(10,7(2)3)8(4)5;2-1(3,4)5/h7-8H,6,10H2,1-5H3;/q;-1.